The fourth-order valence-corrected chi connectivity index (χ4v) is 3.90. The Morgan fingerprint density at radius 2 is 1.80 bits per heavy atom. The van der Waals surface area contributed by atoms with E-state index in [0.717, 1.165) is 0 Å². The van der Waals surface area contributed by atoms with Crippen LogP contribution in [0.15, 0.2) is 24.3 Å². The van der Waals surface area contributed by atoms with Crippen LogP contribution in [-0.4, -0.2) is 12.1 Å². The van der Waals surface area contributed by atoms with Crippen molar-refractivity contribution < 1.29 is 0 Å². The van der Waals surface area contributed by atoms with Crippen LogP contribution in [0.4, 0.5) is 0 Å². The first-order chi connectivity index (χ1) is 9.56. The third-order valence-corrected chi connectivity index (χ3v) is 5.36. The summed E-state index contributed by atoms with van der Waals surface area (Å²) >= 11 is 0. The van der Waals surface area contributed by atoms with Gasteiger partial charge in [0.1, 0.15) is 0 Å². The fourth-order valence-electron chi connectivity index (χ4n) is 3.90. The summed E-state index contributed by atoms with van der Waals surface area (Å²) in [6.45, 7) is 4.82. The molecule has 20 heavy (non-hydrogen) atoms. The first-order valence-corrected chi connectivity index (χ1v) is 8.16. The molecule has 0 spiro atoms. The predicted octanol–water partition coefficient (Wildman–Crippen LogP) is 3.56. The lowest BCUT2D eigenvalue weighted by Crippen LogP contribution is -2.45. The Labute approximate surface area is 123 Å². The molecule has 0 amide bonds. The van der Waals surface area contributed by atoms with Crippen molar-refractivity contribution >= 4 is 0 Å². The molecule has 1 fully saturated rings. The Hall–Kier alpha value is -0.860. The summed E-state index contributed by atoms with van der Waals surface area (Å²) in [7, 11) is 0. The zero-order valence-electron chi connectivity index (χ0n) is 12.9. The Morgan fingerprint density at radius 1 is 1.10 bits per heavy atom. The van der Waals surface area contributed by atoms with Crippen LogP contribution in [0.25, 0.3) is 0 Å². The van der Waals surface area contributed by atoms with Crippen LogP contribution in [0.5, 0.6) is 0 Å². The van der Waals surface area contributed by atoms with Crippen molar-refractivity contribution in [3.05, 3.63) is 35.4 Å². The number of hydrogen-bond acceptors (Lipinski definition) is 2. The minimum absolute atomic E-state index is 0.341. The lowest BCUT2D eigenvalue weighted by molar-refractivity contribution is 0.177. The molecule has 1 aromatic rings. The molecule has 1 atom stereocenters. The quantitative estimate of drug-likeness (QED) is 0.864. The standard InChI is InChI=1S/C18H28N2/c1-18(2)12-11-13-5-3-4-6-16(13)17(18)20-15-9-7-14(19)8-10-15/h3-6,14-15,17,20H,7-12,19H2,1-2H3. The summed E-state index contributed by atoms with van der Waals surface area (Å²) in [4.78, 5) is 0. The molecule has 2 heteroatoms. The van der Waals surface area contributed by atoms with Crippen molar-refractivity contribution in [1.29, 1.82) is 0 Å². The number of fused-ring (bicyclic) bond motifs is 1. The second-order valence-electron chi connectivity index (χ2n) is 7.40. The van der Waals surface area contributed by atoms with E-state index >= 15 is 0 Å². The molecule has 2 nitrogen and oxygen atoms in total. The van der Waals surface area contributed by atoms with E-state index in [1.807, 2.05) is 0 Å². The number of rotatable bonds is 2. The van der Waals surface area contributed by atoms with Crippen LogP contribution in [0.1, 0.15) is 63.1 Å². The minimum atomic E-state index is 0.341. The highest BCUT2D eigenvalue weighted by Gasteiger charge is 2.37. The maximum atomic E-state index is 6.03. The van der Waals surface area contributed by atoms with E-state index in [1.54, 1.807) is 0 Å². The predicted molar refractivity (Wildman–Crippen MR) is 84.7 cm³/mol. The van der Waals surface area contributed by atoms with Crippen molar-refractivity contribution in [3.8, 4) is 0 Å². The largest absolute Gasteiger partial charge is 0.328 e. The van der Waals surface area contributed by atoms with E-state index in [2.05, 4.69) is 43.4 Å². The molecule has 2 aliphatic carbocycles. The number of nitrogens with one attached hydrogen (secondary N) is 1. The molecule has 1 aromatic carbocycles. The Kier molecular flexibility index (Phi) is 3.87. The van der Waals surface area contributed by atoms with E-state index in [-0.39, 0.29) is 0 Å². The van der Waals surface area contributed by atoms with Crippen LogP contribution in [0.2, 0.25) is 0 Å². The number of aryl methyl sites for hydroxylation is 1. The van der Waals surface area contributed by atoms with Crippen molar-refractivity contribution in [1.82, 2.24) is 5.32 Å². The highest BCUT2D eigenvalue weighted by Crippen LogP contribution is 2.44. The van der Waals surface area contributed by atoms with Gasteiger partial charge in [0.25, 0.3) is 0 Å². The second-order valence-corrected chi connectivity index (χ2v) is 7.40. The molecule has 1 saturated carbocycles. The van der Waals surface area contributed by atoms with Gasteiger partial charge < -0.3 is 11.1 Å². The first kappa shape index (κ1) is 14.1. The summed E-state index contributed by atoms with van der Waals surface area (Å²) in [6, 6.07) is 10.6. The van der Waals surface area contributed by atoms with Crippen LogP contribution < -0.4 is 11.1 Å². The van der Waals surface area contributed by atoms with Crippen molar-refractivity contribution in [2.75, 3.05) is 0 Å². The number of nitrogens with two attached hydrogens (primary N) is 1. The normalized spacial score (nSPS) is 32.6. The van der Waals surface area contributed by atoms with E-state index < -0.39 is 0 Å². The maximum absolute atomic E-state index is 6.03. The zero-order chi connectivity index (χ0) is 14.2. The van der Waals surface area contributed by atoms with Crippen LogP contribution in [0, 0.1) is 5.41 Å². The molecule has 0 bridgehead atoms. The van der Waals surface area contributed by atoms with Crippen LogP contribution >= 0.6 is 0 Å². The van der Waals surface area contributed by atoms with Gasteiger partial charge in [-0.15, -0.1) is 0 Å². The second kappa shape index (κ2) is 5.50. The van der Waals surface area contributed by atoms with E-state index in [1.165, 1.54) is 49.7 Å². The van der Waals surface area contributed by atoms with E-state index in [0.29, 0.717) is 23.5 Å². The van der Waals surface area contributed by atoms with E-state index in [4.69, 9.17) is 5.73 Å². The van der Waals surface area contributed by atoms with Gasteiger partial charge in [0.15, 0.2) is 0 Å². The summed E-state index contributed by atoms with van der Waals surface area (Å²) in [5.41, 5.74) is 9.44. The average Bonchev–Trinajstić information content (AvgIpc) is 2.44. The molecular weight excluding hydrogens is 244 g/mol. The molecule has 0 aliphatic heterocycles. The van der Waals surface area contributed by atoms with Crippen molar-refractivity contribution in [2.24, 2.45) is 11.1 Å². The molecule has 2 aliphatic rings. The molecule has 0 aromatic heterocycles. The fraction of sp³-hybridized carbons (Fsp3) is 0.667. The Bertz CT molecular complexity index is 458. The van der Waals surface area contributed by atoms with Gasteiger partial charge in [0.2, 0.25) is 0 Å². The smallest absolute Gasteiger partial charge is 0.0376 e. The van der Waals surface area contributed by atoms with Gasteiger partial charge in [0, 0.05) is 18.1 Å². The molecule has 3 rings (SSSR count). The topological polar surface area (TPSA) is 38.0 Å². The lowest BCUT2D eigenvalue weighted by Gasteiger charge is -2.43. The summed E-state index contributed by atoms with van der Waals surface area (Å²) in [5, 5.41) is 3.97. The molecule has 0 radical (unpaired) electrons. The molecular formula is C18H28N2. The third kappa shape index (κ3) is 2.77. The molecule has 110 valence electrons. The molecule has 3 N–H and O–H groups in total. The number of hydrogen-bond donors (Lipinski definition) is 2. The van der Waals surface area contributed by atoms with Gasteiger partial charge in [-0.2, -0.15) is 0 Å². The Morgan fingerprint density at radius 3 is 2.55 bits per heavy atom. The average molecular weight is 272 g/mol. The minimum Gasteiger partial charge on any atom is -0.328 e. The van der Waals surface area contributed by atoms with Gasteiger partial charge in [-0.1, -0.05) is 38.1 Å². The summed E-state index contributed by atoms with van der Waals surface area (Å²) in [6.07, 6.45) is 7.30. The SMILES string of the molecule is CC1(C)CCc2ccccc2C1NC1CCC(N)CC1. The van der Waals surface area contributed by atoms with Gasteiger partial charge in [-0.3, -0.25) is 0 Å². The van der Waals surface area contributed by atoms with Gasteiger partial charge >= 0.3 is 0 Å². The number of benzene rings is 1. The Balaban J connectivity index is 1.79. The van der Waals surface area contributed by atoms with Crippen molar-refractivity contribution in [3.63, 3.8) is 0 Å². The molecule has 0 saturated heterocycles. The van der Waals surface area contributed by atoms with Gasteiger partial charge in [-0.25, -0.2) is 0 Å². The molecule has 0 heterocycles. The summed E-state index contributed by atoms with van der Waals surface area (Å²) in [5.74, 6) is 0. The summed E-state index contributed by atoms with van der Waals surface area (Å²) < 4.78 is 0. The third-order valence-electron chi connectivity index (χ3n) is 5.36. The lowest BCUT2D eigenvalue weighted by atomic mass is 9.70. The van der Waals surface area contributed by atoms with Gasteiger partial charge in [0.05, 0.1) is 0 Å². The first-order valence-electron chi connectivity index (χ1n) is 8.16. The highest BCUT2D eigenvalue weighted by atomic mass is 15.0. The maximum Gasteiger partial charge on any atom is 0.0376 e. The molecule has 1 unspecified atom stereocenters. The van der Waals surface area contributed by atoms with Crippen molar-refractivity contribution in [2.45, 2.75) is 70.5 Å². The monoisotopic (exact) mass is 272 g/mol. The zero-order valence-corrected chi connectivity index (χ0v) is 12.9. The highest BCUT2D eigenvalue weighted by molar-refractivity contribution is 5.34. The van der Waals surface area contributed by atoms with Gasteiger partial charge in [-0.05, 0) is 55.1 Å². The van der Waals surface area contributed by atoms with Crippen LogP contribution in [-0.2, 0) is 6.42 Å². The van der Waals surface area contributed by atoms with E-state index in [9.17, 15) is 0 Å². The van der Waals surface area contributed by atoms with Crippen LogP contribution in [0.3, 0.4) is 0 Å².